The van der Waals surface area contributed by atoms with Gasteiger partial charge in [0.1, 0.15) is 6.10 Å². The zero-order valence-electron chi connectivity index (χ0n) is 9.59. The van der Waals surface area contributed by atoms with E-state index in [2.05, 4.69) is 0 Å². The monoisotopic (exact) mass is 222 g/mol. The lowest BCUT2D eigenvalue weighted by Gasteiger charge is -2.36. The molecule has 3 heterocycles. The number of cyclic esters (lactones) is 1. The van der Waals surface area contributed by atoms with Crippen LogP contribution in [0.25, 0.3) is 0 Å². The highest BCUT2D eigenvalue weighted by Crippen LogP contribution is 2.58. The van der Waals surface area contributed by atoms with Crippen LogP contribution < -0.4 is 0 Å². The van der Waals surface area contributed by atoms with E-state index in [0.717, 1.165) is 5.92 Å². The van der Waals surface area contributed by atoms with E-state index in [1.54, 1.807) is 0 Å². The SMILES string of the molecule is CC1OC(=O)[C@H]2C3OC(C4CCCCC43)C12. The van der Waals surface area contributed by atoms with Gasteiger partial charge in [0.05, 0.1) is 18.1 Å². The van der Waals surface area contributed by atoms with Gasteiger partial charge in [-0.1, -0.05) is 12.8 Å². The fourth-order valence-corrected chi connectivity index (χ4v) is 4.73. The summed E-state index contributed by atoms with van der Waals surface area (Å²) in [6.45, 7) is 2.03. The van der Waals surface area contributed by atoms with Crippen LogP contribution in [-0.2, 0) is 14.3 Å². The summed E-state index contributed by atoms with van der Waals surface area (Å²) in [5.41, 5.74) is 0. The van der Waals surface area contributed by atoms with Gasteiger partial charge in [0, 0.05) is 5.92 Å². The third kappa shape index (κ3) is 0.963. The Hall–Kier alpha value is -0.570. The smallest absolute Gasteiger partial charge is 0.312 e. The molecule has 0 spiro atoms. The molecule has 1 aliphatic carbocycles. The highest BCUT2D eigenvalue weighted by Gasteiger charge is 2.66. The largest absolute Gasteiger partial charge is 0.462 e. The zero-order chi connectivity index (χ0) is 10.9. The molecule has 7 atom stereocenters. The lowest BCUT2D eigenvalue weighted by Crippen LogP contribution is -2.42. The summed E-state index contributed by atoms with van der Waals surface area (Å²) in [4.78, 5) is 11.8. The summed E-state index contributed by atoms with van der Waals surface area (Å²) in [5.74, 6) is 1.81. The Labute approximate surface area is 95.5 Å². The molecule has 3 heteroatoms. The number of hydrogen-bond donors (Lipinski definition) is 0. The molecule has 0 radical (unpaired) electrons. The standard InChI is InChI=1S/C13H18O3/c1-6-9-10(13(14)15-6)12-8-5-3-2-4-7(8)11(9)16-12/h6-12H,2-5H2,1H3/t6?,7?,8?,9?,10-,11?,12?/m1/s1. The molecule has 3 nitrogen and oxygen atoms in total. The molecule has 3 aliphatic heterocycles. The van der Waals surface area contributed by atoms with Crippen LogP contribution in [0.4, 0.5) is 0 Å². The molecule has 2 bridgehead atoms. The van der Waals surface area contributed by atoms with E-state index in [9.17, 15) is 4.79 Å². The van der Waals surface area contributed by atoms with Crippen LogP contribution in [0.5, 0.6) is 0 Å². The van der Waals surface area contributed by atoms with E-state index in [1.807, 2.05) is 6.92 Å². The second kappa shape index (κ2) is 3.00. The van der Waals surface area contributed by atoms with Gasteiger partial charge in [-0.2, -0.15) is 0 Å². The topological polar surface area (TPSA) is 35.5 Å². The molecule has 4 rings (SSSR count). The fourth-order valence-electron chi connectivity index (χ4n) is 4.73. The number of esters is 1. The highest BCUT2D eigenvalue weighted by atomic mass is 16.6. The van der Waals surface area contributed by atoms with Crippen molar-refractivity contribution in [2.45, 2.75) is 50.9 Å². The van der Waals surface area contributed by atoms with Gasteiger partial charge in [0.2, 0.25) is 0 Å². The van der Waals surface area contributed by atoms with Gasteiger partial charge >= 0.3 is 5.97 Å². The second-order valence-electron chi connectivity index (χ2n) is 5.92. The lowest BCUT2D eigenvalue weighted by molar-refractivity contribution is -0.147. The number of ether oxygens (including phenoxy) is 2. The van der Waals surface area contributed by atoms with Crippen molar-refractivity contribution in [2.24, 2.45) is 23.7 Å². The normalized spacial score (nSPS) is 58.3. The number of hydrogen-bond acceptors (Lipinski definition) is 3. The maximum atomic E-state index is 11.8. The van der Waals surface area contributed by atoms with Gasteiger partial charge in [0.15, 0.2) is 0 Å². The third-order valence-corrected chi connectivity index (χ3v) is 5.30. The van der Waals surface area contributed by atoms with Crippen LogP contribution in [0.2, 0.25) is 0 Å². The summed E-state index contributed by atoms with van der Waals surface area (Å²) < 4.78 is 11.5. The van der Waals surface area contributed by atoms with Crippen LogP contribution in [-0.4, -0.2) is 24.3 Å². The van der Waals surface area contributed by atoms with Crippen molar-refractivity contribution in [3.8, 4) is 0 Å². The van der Waals surface area contributed by atoms with Crippen molar-refractivity contribution in [2.75, 3.05) is 0 Å². The van der Waals surface area contributed by atoms with Crippen LogP contribution in [0, 0.1) is 23.7 Å². The average Bonchev–Trinajstić information content (AvgIpc) is 2.91. The zero-order valence-corrected chi connectivity index (χ0v) is 9.59. The van der Waals surface area contributed by atoms with Crippen molar-refractivity contribution in [1.29, 1.82) is 0 Å². The first kappa shape index (κ1) is 9.46. The quantitative estimate of drug-likeness (QED) is 0.586. The van der Waals surface area contributed by atoms with E-state index in [0.29, 0.717) is 17.9 Å². The molecule has 0 N–H and O–H groups in total. The minimum Gasteiger partial charge on any atom is -0.462 e. The maximum absolute atomic E-state index is 11.8. The Morgan fingerprint density at radius 3 is 2.56 bits per heavy atom. The summed E-state index contributed by atoms with van der Waals surface area (Å²) in [5, 5.41) is 0. The number of rotatable bonds is 0. The summed E-state index contributed by atoms with van der Waals surface area (Å²) in [6.07, 6.45) is 5.81. The predicted octanol–water partition coefficient (Wildman–Crippen LogP) is 1.75. The molecule has 4 aliphatic rings. The average molecular weight is 222 g/mol. The number of fused-ring (bicyclic) bond motifs is 8. The van der Waals surface area contributed by atoms with Gasteiger partial charge < -0.3 is 9.47 Å². The predicted molar refractivity (Wildman–Crippen MR) is 56.6 cm³/mol. The minimum atomic E-state index is 0.00836. The Bertz CT molecular complexity index is 340. The Morgan fingerprint density at radius 1 is 1.12 bits per heavy atom. The maximum Gasteiger partial charge on any atom is 0.312 e. The first-order valence-corrected chi connectivity index (χ1v) is 6.63. The first-order chi connectivity index (χ1) is 7.77. The molecule has 0 aromatic rings. The molecule has 16 heavy (non-hydrogen) atoms. The van der Waals surface area contributed by atoms with Crippen LogP contribution in [0.3, 0.4) is 0 Å². The van der Waals surface area contributed by atoms with Gasteiger partial charge in [-0.15, -0.1) is 0 Å². The molecular weight excluding hydrogens is 204 g/mol. The fraction of sp³-hybridized carbons (Fsp3) is 0.923. The van der Waals surface area contributed by atoms with Gasteiger partial charge in [-0.3, -0.25) is 4.79 Å². The van der Waals surface area contributed by atoms with Crippen LogP contribution in [0.15, 0.2) is 0 Å². The molecule has 88 valence electrons. The van der Waals surface area contributed by atoms with E-state index in [4.69, 9.17) is 9.47 Å². The second-order valence-corrected chi connectivity index (χ2v) is 5.92. The van der Waals surface area contributed by atoms with E-state index in [1.165, 1.54) is 25.7 Å². The molecule has 0 aromatic heterocycles. The number of carbonyl (C=O) groups excluding carboxylic acids is 1. The van der Waals surface area contributed by atoms with E-state index >= 15 is 0 Å². The van der Waals surface area contributed by atoms with Crippen LogP contribution >= 0.6 is 0 Å². The number of carbonyl (C=O) groups is 1. The Morgan fingerprint density at radius 2 is 1.81 bits per heavy atom. The molecule has 3 saturated heterocycles. The molecule has 6 unspecified atom stereocenters. The minimum absolute atomic E-state index is 0.00836. The van der Waals surface area contributed by atoms with Gasteiger partial charge in [0.25, 0.3) is 0 Å². The lowest BCUT2D eigenvalue weighted by atomic mass is 9.63. The van der Waals surface area contributed by atoms with Crippen molar-refractivity contribution >= 4 is 5.97 Å². The van der Waals surface area contributed by atoms with E-state index in [-0.39, 0.29) is 24.1 Å². The van der Waals surface area contributed by atoms with Gasteiger partial charge in [-0.05, 0) is 31.6 Å². The van der Waals surface area contributed by atoms with Crippen LogP contribution in [0.1, 0.15) is 32.6 Å². The van der Waals surface area contributed by atoms with Crippen molar-refractivity contribution in [1.82, 2.24) is 0 Å². The summed E-state index contributed by atoms with van der Waals surface area (Å²) >= 11 is 0. The van der Waals surface area contributed by atoms with Crippen molar-refractivity contribution in [3.63, 3.8) is 0 Å². The van der Waals surface area contributed by atoms with Crippen molar-refractivity contribution < 1.29 is 14.3 Å². The van der Waals surface area contributed by atoms with Crippen molar-refractivity contribution in [3.05, 3.63) is 0 Å². The summed E-state index contributed by atoms with van der Waals surface area (Å²) in [6, 6.07) is 0. The molecule has 4 fully saturated rings. The highest BCUT2D eigenvalue weighted by molar-refractivity contribution is 5.77. The molecule has 0 amide bonds. The molecular formula is C13H18O3. The van der Waals surface area contributed by atoms with E-state index < -0.39 is 0 Å². The first-order valence-electron chi connectivity index (χ1n) is 6.63. The summed E-state index contributed by atoms with van der Waals surface area (Å²) in [7, 11) is 0. The van der Waals surface area contributed by atoms with Gasteiger partial charge in [-0.25, -0.2) is 0 Å². The third-order valence-electron chi connectivity index (χ3n) is 5.30. The Kier molecular flexibility index (Phi) is 1.78. The molecule has 1 saturated carbocycles. The Balaban J connectivity index is 1.71. The molecule has 0 aromatic carbocycles.